The minimum atomic E-state index is 0.451. The highest BCUT2D eigenvalue weighted by molar-refractivity contribution is 5.91. The monoisotopic (exact) mass is 361 g/mol. The highest BCUT2D eigenvalue weighted by atomic mass is 16.5. The van der Waals surface area contributed by atoms with Crippen LogP contribution >= 0.6 is 0 Å². The molecule has 0 radical (unpaired) electrons. The average Bonchev–Trinajstić information content (AvgIpc) is 3.04. The summed E-state index contributed by atoms with van der Waals surface area (Å²) in [7, 11) is 0. The molecular weight excluding hydrogens is 338 g/mol. The van der Waals surface area contributed by atoms with Crippen molar-refractivity contribution in [1.82, 2.24) is 9.97 Å². The van der Waals surface area contributed by atoms with Gasteiger partial charge in [-0.25, -0.2) is 4.98 Å². The first kappa shape index (κ1) is 18.5. The molecule has 138 valence electrons. The molecule has 0 saturated carbocycles. The Morgan fingerprint density at radius 1 is 1.11 bits per heavy atom. The number of nitrogens with one attached hydrogen (secondary N) is 1. The predicted molar refractivity (Wildman–Crippen MR) is 108 cm³/mol. The second-order valence-corrected chi connectivity index (χ2v) is 6.27. The van der Waals surface area contributed by atoms with Gasteiger partial charge in [-0.1, -0.05) is 0 Å². The van der Waals surface area contributed by atoms with Crippen molar-refractivity contribution in [3.63, 3.8) is 0 Å². The zero-order chi connectivity index (χ0) is 19.4. The van der Waals surface area contributed by atoms with E-state index in [1.807, 2.05) is 38.1 Å². The zero-order valence-corrected chi connectivity index (χ0v) is 16.1. The van der Waals surface area contributed by atoms with Crippen LogP contribution < -0.4 is 9.47 Å². The lowest BCUT2D eigenvalue weighted by molar-refractivity contribution is 0.322. The number of aromatic nitrogens is 2. The summed E-state index contributed by atoms with van der Waals surface area (Å²) in [6, 6.07) is 11.9. The van der Waals surface area contributed by atoms with E-state index in [0.29, 0.717) is 30.4 Å². The molecule has 1 heterocycles. The largest absolute Gasteiger partial charge is 0.494 e. The van der Waals surface area contributed by atoms with E-state index in [4.69, 9.17) is 9.47 Å². The highest BCUT2D eigenvalue weighted by Gasteiger charge is 2.11. The number of imidazole rings is 1. The summed E-state index contributed by atoms with van der Waals surface area (Å²) >= 11 is 0. The molecule has 0 aliphatic carbocycles. The van der Waals surface area contributed by atoms with Crippen LogP contribution in [0.5, 0.6) is 11.5 Å². The number of ether oxygens (including phenoxy) is 2. The lowest BCUT2D eigenvalue weighted by Gasteiger charge is -2.10. The van der Waals surface area contributed by atoms with Crippen molar-refractivity contribution < 1.29 is 9.47 Å². The van der Waals surface area contributed by atoms with Gasteiger partial charge in [-0.3, -0.25) is 0 Å². The fourth-order valence-corrected chi connectivity index (χ4v) is 2.88. The molecular formula is C22H23N3O2. The van der Waals surface area contributed by atoms with E-state index in [2.05, 4.69) is 36.0 Å². The standard InChI is InChI=1S/C22H23N3O2/c1-5-26-18-8-7-16(21(12-18)27-6-2)11-17(13-23)22-24-19-9-14(3)15(4)10-20(19)25-22/h7-12H,5-6H2,1-4H3,(H,24,25)/b17-11+. The number of fused-ring (bicyclic) bond motifs is 1. The molecule has 0 spiro atoms. The SMILES string of the molecule is CCOc1ccc(/C=C(\C#N)c2nc3cc(C)c(C)cc3[nH]2)c(OCC)c1. The third-order valence-electron chi connectivity index (χ3n) is 4.37. The Morgan fingerprint density at radius 2 is 1.85 bits per heavy atom. The Bertz CT molecular complexity index is 1000. The predicted octanol–water partition coefficient (Wildman–Crippen LogP) is 5.04. The summed E-state index contributed by atoms with van der Waals surface area (Å²) in [5.74, 6) is 1.97. The van der Waals surface area contributed by atoms with Crippen LogP contribution in [0.4, 0.5) is 0 Å². The number of aromatic amines is 1. The number of benzene rings is 2. The van der Waals surface area contributed by atoms with E-state index in [-0.39, 0.29) is 0 Å². The number of aryl methyl sites for hydroxylation is 2. The molecule has 5 nitrogen and oxygen atoms in total. The number of hydrogen-bond acceptors (Lipinski definition) is 4. The van der Waals surface area contributed by atoms with Gasteiger partial charge in [-0.05, 0) is 69.2 Å². The van der Waals surface area contributed by atoms with E-state index in [0.717, 1.165) is 22.3 Å². The third kappa shape index (κ3) is 3.95. The quantitative estimate of drug-likeness (QED) is 0.624. The smallest absolute Gasteiger partial charge is 0.149 e. The van der Waals surface area contributed by atoms with E-state index in [9.17, 15) is 5.26 Å². The lowest BCUT2D eigenvalue weighted by Crippen LogP contribution is -1.97. The molecule has 1 N–H and O–H groups in total. The van der Waals surface area contributed by atoms with Crippen LogP contribution in [0.3, 0.4) is 0 Å². The summed E-state index contributed by atoms with van der Waals surface area (Å²) in [6.45, 7) is 9.09. The van der Waals surface area contributed by atoms with Crippen LogP contribution in [-0.2, 0) is 0 Å². The number of H-pyrrole nitrogens is 1. The second-order valence-electron chi connectivity index (χ2n) is 6.27. The minimum Gasteiger partial charge on any atom is -0.494 e. The number of rotatable bonds is 6. The Morgan fingerprint density at radius 3 is 2.56 bits per heavy atom. The summed E-state index contributed by atoms with van der Waals surface area (Å²) in [6.07, 6.45) is 1.79. The van der Waals surface area contributed by atoms with E-state index >= 15 is 0 Å². The van der Waals surface area contributed by atoms with Crippen LogP contribution in [0.1, 0.15) is 36.4 Å². The Kier molecular flexibility index (Phi) is 5.46. The van der Waals surface area contributed by atoms with Gasteiger partial charge >= 0.3 is 0 Å². The Hall–Kier alpha value is -3.26. The fourth-order valence-electron chi connectivity index (χ4n) is 2.88. The van der Waals surface area contributed by atoms with Crippen LogP contribution in [-0.4, -0.2) is 23.2 Å². The van der Waals surface area contributed by atoms with Gasteiger partial charge in [-0.2, -0.15) is 5.26 Å². The molecule has 0 bridgehead atoms. The Balaban J connectivity index is 2.05. The molecule has 3 rings (SSSR count). The van der Waals surface area contributed by atoms with E-state index in [1.54, 1.807) is 6.08 Å². The molecule has 0 amide bonds. The van der Waals surface area contributed by atoms with Gasteiger partial charge < -0.3 is 14.5 Å². The molecule has 0 aliphatic rings. The summed E-state index contributed by atoms with van der Waals surface area (Å²) in [5, 5.41) is 9.69. The minimum absolute atomic E-state index is 0.451. The van der Waals surface area contributed by atoms with Gasteiger partial charge in [0.2, 0.25) is 0 Å². The maximum atomic E-state index is 9.69. The van der Waals surface area contributed by atoms with Gasteiger partial charge in [0.25, 0.3) is 0 Å². The van der Waals surface area contributed by atoms with Gasteiger partial charge in [0.15, 0.2) is 0 Å². The van der Waals surface area contributed by atoms with Gasteiger partial charge in [0.05, 0.1) is 29.8 Å². The van der Waals surface area contributed by atoms with Gasteiger partial charge in [0, 0.05) is 11.6 Å². The van der Waals surface area contributed by atoms with Crippen molar-refractivity contribution in [1.29, 1.82) is 5.26 Å². The van der Waals surface area contributed by atoms with Crippen molar-refractivity contribution >= 4 is 22.7 Å². The normalized spacial score (nSPS) is 11.4. The summed E-state index contributed by atoms with van der Waals surface area (Å²) < 4.78 is 11.3. The van der Waals surface area contributed by atoms with Gasteiger partial charge in [-0.15, -0.1) is 0 Å². The number of hydrogen-bond donors (Lipinski definition) is 1. The van der Waals surface area contributed by atoms with Gasteiger partial charge in [0.1, 0.15) is 23.4 Å². The van der Waals surface area contributed by atoms with Crippen molar-refractivity contribution in [3.05, 3.63) is 52.8 Å². The van der Waals surface area contributed by atoms with E-state index in [1.165, 1.54) is 11.1 Å². The molecule has 3 aromatic rings. The van der Waals surface area contributed by atoms with Crippen molar-refractivity contribution in [3.8, 4) is 17.6 Å². The van der Waals surface area contributed by atoms with E-state index < -0.39 is 0 Å². The first-order valence-electron chi connectivity index (χ1n) is 9.04. The topological polar surface area (TPSA) is 70.9 Å². The van der Waals surface area contributed by atoms with Crippen molar-refractivity contribution in [2.75, 3.05) is 13.2 Å². The van der Waals surface area contributed by atoms with Crippen molar-refractivity contribution in [2.24, 2.45) is 0 Å². The summed E-state index contributed by atoms with van der Waals surface area (Å²) in [4.78, 5) is 7.84. The number of allylic oxidation sites excluding steroid dienone is 1. The van der Waals surface area contributed by atoms with Crippen molar-refractivity contribution in [2.45, 2.75) is 27.7 Å². The molecule has 0 fully saturated rings. The molecule has 2 aromatic carbocycles. The number of nitrogens with zero attached hydrogens (tertiary/aromatic N) is 2. The molecule has 0 saturated heterocycles. The maximum Gasteiger partial charge on any atom is 0.149 e. The zero-order valence-electron chi connectivity index (χ0n) is 16.1. The molecule has 0 unspecified atom stereocenters. The molecule has 5 heteroatoms. The molecule has 1 aromatic heterocycles. The Labute approximate surface area is 159 Å². The van der Waals surface area contributed by atoms with Crippen LogP contribution in [0.2, 0.25) is 0 Å². The van der Waals surface area contributed by atoms with Crippen LogP contribution in [0.15, 0.2) is 30.3 Å². The highest BCUT2D eigenvalue weighted by Crippen LogP contribution is 2.29. The molecule has 0 atom stereocenters. The first-order chi connectivity index (χ1) is 13.0. The lowest BCUT2D eigenvalue weighted by atomic mass is 10.1. The second kappa shape index (κ2) is 7.96. The first-order valence-corrected chi connectivity index (χ1v) is 9.04. The average molecular weight is 361 g/mol. The van der Waals surface area contributed by atoms with Crippen LogP contribution in [0.25, 0.3) is 22.7 Å². The summed E-state index contributed by atoms with van der Waals surface area (Å²) in [5.41, 5.74) is 5.40. The fraction of sp³-hybridized carbons (Fsp3) is 0.273. The maximum absolute atomic E-state index is 9.69. The number of nitriles is 1. The van der Waals surface area contributed by atoms with Crippen LogP contribution in [0, 0.1) is 25.2 Å². The third-order valence-corrected chi connectivity index (χ3v) is 4.37. The molecule has 27 heavy (non-hydrogen) atoms. The molecule has 0 aliphatic heterocycles.